The Bertz CT molecular complexity index is 524. The number of aliphatic carboxylic acids is 2. The normalized spacial score (nSPS) is 11.0. The molecule has 0 heterocycles. The number of hydrogen-bond donors (Lipinski definition) is 2. The van der Waals surface area contributed by atoms with Crippen molar-refractivity contribution in [3.05, 3.63) is 24.3 Å². The maximum atomic E-state index is 10.3. The zero-order valence-electron chi connectivity index (χ0n) is 27.5. The SMILES string of the molecule is CCC=CCCCCCCCCCCCCCC(=O)O.CCC=CCCCCCCCCCCCCCC(=O)O.[Zn]. The minimum absolute atomic E-state index is 0. The van der Waals surface area contributed by atoms with Crippen molar-refractivity contribution < 1.29 is 39.3 Å². The van der Waals surface area contributed by atoms with Gasteiger partial charge in [0.15, 0.2) is 0 Å². The van der Waals surface area contributed by atoms with Crippen LogP contribution in [0.3, 0.4) is 0 Å². The maximum absolute atomic E-state index is 10.3. The molecule has 0 aliphatic heterocycles. The smallest absolute Gasteiger partial charge is 0.303 e. The van der Waals surface area contributed by atoms with Gasteiger partial charge in [-0.3, -0.25) is 9.59 Å². The van der Waals surface area contributed by atoms with Gasteiger partial charge in [0, 0.05) is 32.3 Å². The number of carboxylic acids is 2. The number of hydrogen-bond acceptors (Lipinski definition) is 2. The van der Waals surface area contributed by atoms with E-state index in [2.05, 4.69) is 38.2 Å². The van der Waals surface area contributed by atoms with Crippen molar-refractivity contribution >= 4 is 11.9 Å². The van der Waals surface area contributed by atoms with Crippen LogP contribution in [0.5, 0.6) is 0 Å². The Morgan fingerprint density at radius 3 is 0.829 bits per heavy atom. The Morgan fingerprint density at radius 1 is 0.390 bits per heavy atom. The second-order valence-electron chi connectivity index (χ2n) is 11.4. The third-order valence-corrected chi connectivity index (χ3v) is 7.33. The zero-order valence-corrected chi connectivity index (χ0v) is 30.5. The number of allylic oxidation sites excluding steroid dienone is 4. The predicted octanol–water partition coefficient (Wildman–Crippen LogP) is 12.2. The number of carbonyl (C=O) groups is 2. The van der Waals surface area contributed by atoms with Crippen LogP contribution in [0.2, 0.25) is 0 Å². The summed E-state index contributed by atoms with van der Waals surface area (Å²) in [6.45, 7) is 4.37. The van der Waals surface area contributed by atoms with Gasteiger partial charge in [-0.25, -0.2) is 0 Å². The van der Waals surface area contributed by atoms with Gasteiger partial charge in [0.2, 0.25) is 0 Å². The Hall–Kier alpha value is -0.957. The molecule has 0 aromatic rings. The summed E-state index contributed by atoms with van der Waals surface area (Å²) in [5.74, 6) is -1.31. The molecule has 4 nitrogen and oxygen atoms in total. The molecule has 5 heteroatoms. The van der Waals surface area contributed by atoms with Crippen LogP contribution in [0.1, 0.15) is 194 Å². The standard InChI is InChI=1S/2C18H34O2.Zn/c2*1-2-3-4-5-6-7-8-9-10-11-12-13-14-15-16-17-18(19)20;/h2*3-4H,2,5-17H2,1H3,(H,19,20);. The third-order valence-electron chi connectivity index (χ3n) is 7.33. The molecule has 0 spiro atoms. The van der Waals surface area contributed by atoms with Crippen molar-refractivity contribution in [1.29, 1.82) is 0 Å². The summed E-state index contributed by atoms with van der Waals surface area (Å²) in [5, 5.41) is 17.0. The maximum Gasteiger partial charge on any atom is 0.303 e. The summed E-state index contributed by atoms with van der Waals surface area (Å²) in [7, 11) is 0. The fraction of sp³-hybridized carbons (Fsp3) is 0.833. The molecular formula is C36H68O4Zn. The summed E-state index contributed by atoms with van der Waals surface area (Å²) in [6, 6.07) is 0. The second-order valence-corrected chi connectivity index (χ2v) is 11.4. The molecule has 0 rings (SSSR count). The van der Waals surface area contributed by atoms with Gasteiger partial charge in [-0.1, -0.05) is 154 Å². The van der Waals surface area contributed by atoms with Crippen molar-refractivity contribution in [3.8, 4) is 0 Å². The van der Waals surface area contributed by atoms with Gasteiger partial charge in [0.05, 0.1) is 0 Å². The molecule has 0 aromatic carbocycles. The largest absolute Gasteiger partial charge is 0.481 e. The molecule has 41 heavy (non-hydrogen) atoms. The molecule has 0 bridgehead atoms. The number of carboxylic acid groups (broad SMARTS) is 2. The van der Waals surface area contributed by atoms with Gasteiger partial charge >= 0.3 is 11.9 Å². The van der Waals surface area contributed by atoms with E-state index in [-0.39, 0.29) is 19.5 Å². The van der Waals surface area contributed by atoms with E-state index >= 15 is 0 Å². The molecule has 0 aliphatic rings. The topological polar surface area (TPSA) is 74.6 Å². The van der Waals surface area contributed by atoms with E-state index in [0.717, 1.165) is 38.5 Å². The van der Waals surface area contributed by atoms with Crippen LogP contribution in [0.4, 0.5) is 0 Å². The summed E-state index contributed by atoms with van der Waals surface area (Å²) >= 11 is 0. The van der Waals surface area contributed by atoms with E-state index in [9.17, 15) is 9.59 Å². The summed E-state index contributed by atoms with van der Waals surface area (Å²) in [5.41, 5.74) is 0. The molecule has 0 aromatic heterocycles. The molecule has 0 saturated carbocycles. The number of unbranched alkanes of at least 4 members (excludes halogenated alkanes) is 22. The number of rotatable bonds is 30. The Morgan fingerprint density at radius 2 is 0.610 bits per heavy atom. The van der Waals surface area contributed by atoms with Crippen LogP contribution in [0.25, 0.3) is 0 Å². The van der Waals surface area contributed by atoms with Crippen LogP contribution in [-0.4, -0.2) is 22.2 Å². The Kier molecular flexibility index (Phi) is 44.7. The van der Waals surface area contributed by atoms with Crippen molar-refractivity contribution in [1.82, 2.24) is 0 Å². The minimum atomic E-state index is -0.657. The minimum Gasteiger partial charge on any atom is -0.481 e. The van der Waals surface area contributed by atoms with E-state index in [1.807, 2.05) is 0 Å². The van der Waals surface area contributed by atoms with Crippen molar-refractivity contribution in [2.24, 2.45) is 0 Å². The molecule has 238 valence electrons. The quantitative estimate of drug-likeness (QED) is 0.0471. The molecule has 2 N–H and O–H groups in total. The van der Waals surface area contributed by atoms with Crippen LogP contribution in [0.15, 0.2) is 24.3 Å². The zero-order chi connectivity index (χ0) is 29.8. The van der Waals surface area contributed by atoms with Gasteiger partial charge in [-0.2, -0.15) is 0 Å². The molecule has 0 unspecified atom stereocenters. The van der Waals surface area contributed by atoms with E-state index < -0.39 is 11.9 Å². The first-order valence-corrected chi connectivity index (χ1v) is 17.3. The van der Waals surface area contributed by atoms with Crippen molar-refractivity contribution in [3.63, 3.8) is 0 Å². The first kappa shape index (κ1) is 44.5. The fourth-order valence-corrected chi connectivity index (χ4v) is 4.83. The van der Waals surface area contributed by atoms with Gasteiger partial charge < -0.3 is 10.2 Å². The van der Waals surface area contributed by atoms with Crippen LogP contribution in [-0.2, 0) is 29.1 Å². The summed E-state index contributed by atoms with van der Waals surface area (Å²) in [4.78, 5) is 20.7. The average Bonchev–Trinajstić information content (AvgIpc) is 2.93. The molecule has 0 saturated heterocycles. The molecule has 0 radical (unpaired) electrons. The average molecular weight is 630 g/mol. The fourth-order valence-electron chi connectivity index (χ4n) is 4.83. The Labute approximate surface area is 268 Å². The Balaban J connectivity index is -0.000000688. The molecule has 0 atom stereocenters. The van der Waals surface area contributed by atoms with Crippen molar-refractivity contribution in [2.45, 2.75) is 194 Å². The monoisotopic (exact) mass is 628 g/mol. The first-order chi connectivity index (χ1) is 19.5. The summed E-state index contributed by atoms with van der Waals surface area (Å²) in [6.07, 6.45) is 42.6. The van der Waals surface area contributed by atoms with Crippen LogP contribution in [0, 0.1) is 0 Å². The van der Waals surface area contributed by atoms with Crippen LogP contribution < -0.4 is 0 Å². The molecule has 0 aliphatic carbocycles. The molecule has 0 fully saturated rings. The predicted molar refractivity (Wildman–Crippen MR) is 174 cm³/mol. The molecular weight excluding hydrogens is 562 g/mol. The first-order valence-electron chi connectivity index (χ1n) is 17.3. The summed E-state index contributed by atoms with van der Waals surface area (Å²) < 4.78 is 0. The third kappa shape index (κ3) is 49.1. The second kappa shape index (κ2) is 41.2. The van der Waals surface area contributed by atoms with E-state index in [1.165, 1.54) is 128 Å². The van der Waals surface area contributed by atoms with E-state index in [1.54, 1.807) is 0 Å². The van der Waals surface area contributed by atoms with Gasteiger partial charge in [-0.15, -0.1) is 0 Å². The van der Waals surface area contributed by atoms with E-state index in [0.29, 0.717) is 12.8 Å². The van der Waals surface area contributed by atoms with Crippen molar-refractivity contribution in [2.75, 3.05) is 0 Å². The van der Waals surface area contributed by atoms with Gasteiger partial charge in [0.1, 0.15) is 0 Å². The van der Waals surface area contributed by atoms with Gasteiger partial charge in [0.25, 0.3) is 0 Å². The van der Waals surface area contributed by atoms with Gasteiger partial charge in [-0.05, 0) is 51.4 Å². The molecule has 0 amide bonds. The van der Waals surface area contributed by atoms with E-state index in [4.69, 9.17) is 10.2 Å². The van der Waals surface area contributed by atoms with Crippen LogP contribution >= 0.6 is 0 Å².